The Hall–Kier alpha value is -1.02. The standard InChI is InChI=1S/C11H8BrO/c12-10-4-1-3-9(7-10)8-11-5-2-6-13-11/h1-5,7H,8H2. The molecule has 0 saturated carbocycles. The van der Waals surface area contributed by atoms with Crippen molar-refractivity contribution in [2.24, 2.45) is 0 Å². The van der Waals surface area contributed by atoms with Gasteiger partial charge in [0.1, 0.15) is 5.76 Å². The molecule has 2 rings (SSSR count). The van der Waals surface area contributed by atoms with E-state index >= 15 is 0 Å². The van der Waals surface area contributed by atoms with Crippen molar-refractivity contribution < 1.29 is 4.42 Å². The zero-order valence-electron chi connectivity index (χ0n) is 6.96. The Morgan fingerprint density at radius 1 is 1.31 bits per heavy atom. The Balaban J connectivity index is 2.19. The van der Waals surface area contributed by atoms with Gasteiger partial charge in [-0.05, 0) is 29.8 Å². The molecular weight excluding hydrogens is 228 g/mol. The van der Waals surface area contributed by atoms with Crippen molar-refractivity contribution in [3.05, 3.63) is 58.5 Å². The highest BCUT2D eigenvalue weighted by Gasteiger charge is 1.98. The van der Waals surface area contributed by atoms with E-state index in [1.54, 1.807) is 6.07 Å². The van der Waals surface area contributed by atoms with Gasteiger partial charge < -0.3 is 4.42 Å². The third kappa shape index (κ3) is 2.22. The first-order chi connectivity index (χ1) is 6.34. The van der Waals surface area contributed by atoms with Crippen molar-refractivity contribution >= 4 is 15.9 Å². The minimum absolute atomic E-state index is 0.822. The lowest BCUT2D eigenvalue weighted by Gasteiger charge is -1.98. The van der Waals surface area contributed by atoms with Gasteiger partial charge in [0.05, 0.1) is 0 Å². The highest BCUT2D eigenvalue weighted by atomic mass is 79.9. The molecule has 1 heterocycles. The zero-order valence-corrected chi connectivity index (χ0v) is 8.54. The minimum Gasteiger partial charge on any atom is -0.457 e. The van der Waals surface area contributed by atoms with Crippen molar-refractivity contribution in [1.29, 1.82) is 0 Å². The van der Waals surface area contributed by atoms with Gasteiger partial charge in [-0.1, -0.05) is 28.1 Å². The molecule has 0 spiro atoms. The van der Waals surface area contributed by atoms with E-state index in [4.69, 9.17) is 4.42 Å². The lowest BCUT2D eigenvalue weighted by atomic mass is 10.1. The summed E-state index contributed by atoms with van der Waals surface area (Å²) in [5, 5.41) is 0. The van der Waals surface area contributed by atoms with Crippen LogP contribution < -0.4 is 0 Å². The second-order valence-corrected chi connectivity index (χ2v) is 3.74. The van der Waals surface area contributed by atoms with Gasteiger partial charge in [0.2, 0.25) is 0 Å². The molecule has 0 saturated heterocycles. The van der Waals surface area contributed by atoms with Crippen LogP contribution in [0.3, 0.4) is 0 Å². The van der Waals surface area contributed by atoms with Gasteiger partial charge in [0.25, 0.3) is 0 Å². The molecule has 0 N–H and O–H groups in total. The van der Waals surface area contributed by atoms with Crippen molar-refractivity contribution in [1.82, 2.24) is 0 Å². The van der Waals surface area contributed by atoms with E-state index in [0.29, 0.717) is 0 Å². The highest BCUT2D eigenvalue weighted by molar-refractivity contribution is 9.10. The summed E-state index contributed by atoms with van der Waals surface area (Å²) in [5.41, 5.74) is 1.23. The second-order valence-electron chi connectivity index (χ2n) is 2.83. The normalized spacial score (nSPS) is 10.2. The number of halogens is 1. The maximum atomic E-state index is 5.14. The van der Waals surface area contributed by atoms with E-state index in [9.17, 15) is 0 Å². The van der Waals surface area contributed by atoms with Crippen molar-refractivity contribution in [3.8, 4) is 0 Å². The van der Waals surface area contributed by atoms with Gasteiger partial charge in [-0.2, -0.15) is 0 Å². The lowest BCUT2D eigenvalue weighted by Crippen LogP contribution is -1.84. The fourth-order valence-corrected chi connectivity index (χ4v) is 1.66. The van der Waals surface area contributed by atoms with Gasteiger partial charge in [0.15, 0.2) is 6.26 Å². The number of rotatable bonds is 2. The molecule has 1 aromatic heterocycles. The quantitative estimate of drug-likeness (QED) is 0.778. The third-order valence-corrected chi connectivity index (χ3v) is 2.29. The summed E-state index contributed by atoms with van der Waals surface area (Å²) in [5.74, 6) is 0.943. The maximum Gasteiger partial charge on any atom is 0.169 e. The summed E-state index contributed by atoms with van der Waals surface area (Å²) in [6, 6.07) is 11.9. The van der Waals surface area contributed by atoms with Crippen LogP contribution in [0.5, 0.6) is 0 Å². The molecule has 0 atom stereocenters. The van der Waals surface area contributed by atoms with E-state index in [0.717, 1.165) is 16.7 Å². The first-order valence-corrected chi connectivity index (χ1v) is 4.83. The number of hydrogen-bond acceptors (Lipinski definition) is 1. The molecule has 0 bridgehead atoms. The summed E-state index contributed by atoms with van der Waals surface area (Å²) >= 11 is 3.43. The molecule has 0 unspecified atom stereocenters. The van der Waals surface area contributed by atoms with Gasteiger partial charge in [-0.25, -0.2) is 0 Å². The molecule has 1 aromatic carbocycles. The van der Waals surface area contributed by atoms with Crippen molar-refractivity contribution in [2.75, 3.05) is 0 Å². The van der Waals surface area contributed by atoms with E-state index in [1.165, 1.54) is 5.56 Å². The smallest absolute Gasteiger partial charge is 0.169 e. The Labute approximate surface area is 85.5 Å². The van der Waals surface area contributed by atoms with Crippen LogP contribution in [0, 0.1) is 6.26 Å². The van der Waals surface area contributed by atoms with E-state index in [2.05, 4.69) is 34.3 Å². The maximum absolute atomic E-state index is 5.14. The van der Waals surface area contributed by atoms with Crippen LogP contribution in [0.2, 0.25) is 0 Å². The molecule has 2 heteroatoms. The van der Waals surface area contributed by atoms with Gasteiger partial charge in [-0.15, -0.1) is 0 Å². The molecule has 0 aliphatic carbocycles. The summed E-state index contributed by atoms with van der Waals surface area (Å²) in [6.45, 7) is 0. The summed E-state index contributed by atoms with van der Waals surface area (Å²) < 4.78 is 6.23. The summed E-state index contributed by atoms with van der Waals surface area (Å²) in [6.07, 6.45) is 3.50. The lowest BCUT2D eigenvalue weighted by molar-refractivity contribution is 0.513. The third-order valence-electron chi connectivity index (χ3n) is 1.79. The van der Waals surface area contributed by atoms with E-state index in [1.807, 2.05) is 18.2 Å². The predicted octanol–water partition coefficient (Wildman–Crippen LogP) is 3.43. The van der Waals surface area contributed by atoms with Gasteiger partial charge in [-0.3, -0.25) is 0 Å². The molecule has 0 fully saturated rings. The number of benzene rings is 1. The van der Waals surface area contributed by atoms with Crippen molar-refractivity contribution in [2.45, 2.75) is 6.42 Å². The number of hydrogen-bond donors (Lipinski definition) is 0. The van der Waals surface area contributed by atoms with Crippen LogP contribution in [0.1, 0.15) is 11.3 Å². The molecule has 1 radical (unpaired) electrons. The van der Waals surface area contributed by atoms with Crippen LogP contribution >= 0.6 is 15.9 Å². The van der Waals surface area contributed by atoms with Crippen LogP contribution in [0.25, 0.3) is 0 Å². The van der Waals surface area contributed by atoms with E-state index in [-0.39, 0.29) is 0 Å². The SMILES string of the molecule is Brc1cccc(Cc2cc[c]o2)c1. The minimum atomic E-state index is 0.822. The predicted molar refractivity (Wildman–Crippen MR) is 54.5 cm³/mol. The Morgan fingerprint density at radius 2 is 2.23 bits per heavy atom. The molecule has 65 valence electrons. The molecule has 0 aliphatic rings. The van der Waals surface area contributed by atoms with Crippen LogP contribution in [0.15, 0.2) is 45.3 Å². The Kier molecular flexibility index (Phi) is 2.50. The summed E-state index contributed by atoms with van der Waals surface area (Å²) in [4.78, 5) is 0. The molecular formula is C11H8BrO. The molecule has 2 aromatic rings. The first-order valence-electron chi connectivity index (χ1n) is 4.04. The molecule has 13 heavy (non-hydrogen) atoms. The van der Waals surface area contributed by atoms with Gasteiger partial charge in [0, 0.05) is 10.9 Å². The van der Waals surface area contributed by atoms with Crippen LogP contribution in [-0.2, 0) is 6.42 Å². The Bertz CT molecular complexity index is 379. The van der Waals surface area contributed by atoms with E-state index < -0.39 is 0 Å². The average molecular weight is 236 g/mol. The van der Waals surface area contributed by atoms with Gasteiger partial charge >= 0.3 is 0 Å². The summed E-state index contributed by atoms with van der Waals surface area (Å²) in [7, 11) is 0. The largest absolute Gasteiger partial charge is 0.457 e. The highest BCUT2D eigenvalue weighted by Crippen LogP contribution is 2.15. The molecule has 1 nitrogen and oxygen atoms in total. The van der Waals surface area contributed by atoms with Crippen LogP contribution in [-0.4, -0.2) is 0 Å². The average Bonchev–Trinajstić information content (AvgIpc) is 2.57. The fourth-order valence-electron chi connectivity index (χ4n) is 1.21. The van der Waals surface area contributed by atoms with Crippen molar-refractivity contribution in [3.63, 3.8) is 0 Å². The Morgan fingerprint density at radius 3 is 2.92 bits per heavy atom. The molecule has 0 aliphatic heterocycles. The second kappa shape index (κ2) is 3.79. The zero-order chi connectivity index (χ0) is 9.10. The number of furan rings is 1. The monoisotopic (exact) mass is 235 g/mol. The fraction of sp³-hybridized carbons (Fsp3) is 0.0909. The van der Waals surface area contributed by atoms with Crippen LogP contribution in [0.4, 0.5) is 0 Å². The molecule has 0 amide bonds. The topological polar surface area (TPSA) is 13.1 Å². The first kappa shape index (κ1) is 8.57.